The van der Waals surface area contributed by atoms with Gasteiger partial charge in [-0.15, -0.1) is 0 Å². The summed E-state index contributed by atoms with van der Waals surface area (Å²) in [4.78, 5) is 29.5. The molecule has 0 aliphatic heterocycles. The van der Waals surface area contributed by atoms with Crippen molar-refractivity contribution >= 4 is 23.1 Å². The Morgan fingerprint density at radius 2 is 2.06 bits per heavy atom. The lowest BCUT2D eigenvalue weighted by Crippen LogP contribution is -2.33. The van der Waals surface area contributed by atoms with E-state index in [0.29, 0.717) is 17.0 Å². The Bertz CT molecular complexity index is 1380. The molecule has 0 amide bonds. The number of aliphatic imine (C=N–C) groups is 2. The smallest absolute Gasteiger partial charge is 0.263 e. The molecule has 3 unspecified atom stereocenters. The summed E-state index contributed by atoms with van der Waals surface area (Å²) in [6.07, 6.45) is 4.44. The molecule has 1 aliphatic carbocycles. The quantitative estimate of drug-likeness (QED) is 0.478. The van der Waals surface area contributed by atoms with Gasteiger partial charge in [-0.2, -0.15) is 15.6 Å². The average Bonchev–Trinajstić information content (AvgIpc) is 3.19. The van der Waals surface area contributed by atoms with Crippen LogP contribution in [0.25, 0.3) is 11.0 Å². The Hall–Kier alpha value is -4.11. The maximum absolute atomic E-state index is 13.0. The molecule has 3 atom stereocenters. The zero-order chi connectivity index (χ0) is 23.5. The molecule has 0 saturated heterocycles. The zero-order valence-corrected chi connectivity index (χ0v) is 18.8. The second kappa shape index (κ2) is 9.17. The van der Waals surface area contributed by atoms with Gasteiger partial charge in [0.1, 0.15) is 23.1 Å². The molecule has 1 fully saturated rings. The van der Waals surface area contributed by atoms with Gasteiger partial charge in [0.25, 0.3) is 5.56 Å². The number of rotatable bonds is 5. The summed E-state index contributed by atoms with van der Waals surface area (Å²) >= 11 is 0. The summed E-state index contributed by atoms with van der Waals surface area (Å²) in [5.74, 6) is 1.40. The third kappa shape index (κ3) is 3.94. The number of nitrogens with one attached hydrogen (secondary N) is 1. The molecule has 9 nitrogen and oxygen atoms in total. The zero-order valence-electron chi connectivity index (χ0n) is 18.8. The lowest BCUT2D eigenvalue weighted by Gasteiger charge is -2.35. The van der Waals surface area contributed by atoms with E-state index in [1.54, 1.807) is 23.9 Å². The van der Waals surface area contributed by atoms with E-state index < -0.39 is 0 Å². The Morgan fingerprint density at radius 1 is 1.30 bits per heavy atom. The second-order valence-electron chi connectivity index (χ2n) is 8.06. The third-order valence-electron chi connectivity index (χ3n) is 6.17. The van der Waals surface area contributed by atoms with Crippen molar-refractivity contribution in [2.45, 2.75) is 45.1 Å². The van der Waals surface area contributed by atoms with E-state index in [0.717, 1.165) is 30.7 Å². The Balaban J connectivity index is 1.79. The van der Waals surface area contributed by atoms with E-state index in [-0.39, 0.29) is 34.5 Å². The molecule has 1 aliphatic rings. The van der Waals surface area contributed by atoms with Crippen LogP contribution in [0.4, 0.5) is 0 Å². The highest BCUT2D eigenvalue weighted by atomic mass is 16.1. The van der Waals surface area contributed by atoms with Gasteiger partial charge in [0.2, 0.25) is 0 Å². The number of amidine groups is 1. The van der Waals surface area contributed by atoms with Gasteiger partial charge in [0.05, 0.1) is 17.7 Å². The number of nitrogens with zero attached hydrogens (tertiary/aromatic N) is 7. The van der Waals surface area contributed by atoms with Gasteiger partial charge in [0.15, 0.2) is 11.3 Å². The molecule has 1 N–H and O–H groups in total. The van der Waals surface area contributed by atoms with Crippen LogP contribution in [0.15, 0.2) is 39.0 Å². The first-order valence-electron chi connectivity index (χ1n) is 10.9. The summed E-state index contributed by atoms with van der Waals surface area (Å²) in [5, 5.41) is 23.2. The van der Waals surface area contributed by atoms with Gasteiger partial charge >= 0.3 is 0 Å². The van der Waals surface area contributed by atoms with Crippen molar-refractivity contribution in [1.82, 2.24) is 19.7 Å². The molecule has 166 valence electrons. The van der Waals surface area contributed by atoms with Gasteiger partial charge in [0, 0.05) is 25.1 Å². The highest BCUT2D eigenvalue weighted by Crippen LogP contribution is 2.42. The highest BCUT2D eigenvalue weighted by Gasteiger charge is 2.38. The molecule has 0 bridgehead atoms. The van der Waals surface area contributed by atoms with Crippen LogP contribution in [0.1, 0.15) is 67.7 Å². The van der Waals surface area contributed by atoms with Crippen molar-refractivity contribution in [2.24, 2.45) is 15.9 Å². The number of benzene rings is 1. The second-order valence-corrected chi connectivity index (χ2v) is 8.06. The monoisotopic (exact) mass is 440 g/mol. The SMILES string of the molecule is CCC=NC(=NC)C1CCC1c1nc2c(c(C#N)nn2C(C)c2ccc(C#N)cc2)c(=O)[nH]1. The van der Waals surface area contributed by atoms with E-state index in [1.807, 2.05) is 38.3 Å². The van der Waals surface area contributed by atoms with Crippen LogP contribution in [0.3, 0.4) is 0 Å². The van der Waals surface area contributed by atoms with Gasteiger partial charge in [-0.1, -0.05) is 19.1 Å². The van der Waals surface area contributed by atoms with Crippen LogP contribution < -0.4 is 5.56 Å². The van der Waals surface area contributed by atoms with Crippen LogP contribution in [-0.4, -0.2) is 38.8 Å². The van der Waals surface area contributed by atoms with E-state index in [2.05, 4.69) is 26.1 Å². The van der Waals surface area contributed by atoms with E-state index in [4.69, 9.17) is 10.2 Å². The molecule has 1 aromatic carbocycles. The number of hydrogen-bond donors (Lipinski definition) is 1. The molecule has 3 aromatic rings. The summed E-state index contributed by atoms with van der Waals surface area (Å²) in [6.45, 7) is 3.94. The molecule has 9 heteroatoms. The first-order valence-corrected chi connectivity index (χ1v) is 10.9. The average molecular weight is 441 g/mol. The molecule has 33 heavy (non-hydrogen) atoms. The van der Waals surface area contributed by atoms with Gasteiger partial charge in [-0.05, 0) is 43.9 Å². The van der Waals surface area contributed by atoms with Gasteiger partial charge in [-0.3, -0.25) is 9.79 Å². The first kappa shape index (κ1) is 22.1. The van der Waals surface area contributed by atoms with Crippen molar-refractivity contribution in [3.8, 4) is 12.1 Å². The van der Waals surface area contributed by atoms with Crippen molar-refractivity contribution in [3.05, 3.63) is 57.3 Å². The third-order valence-corrected chi connectivity index (χ3v) is 6.17. The van der Waals surface area contributed by atoms with Crippen LogP contribution in [0.2, 0.25) is 0 Å². The van der Waals surface area contributed by atoms with Gasteiger partial charge < -0.3 is 4.98 Å². The normalized spacial score (nSPS) is 19.2. The topological polar surface area (TPSA) is 136 Å². The van der Waals surface area contributed by atoms with E-state index >= 15 is 0 Å². The first-order chi connectivity index (χ1) is 16.0. The van der Waals surface area contributed by atoms with Crippen molar-refractivity contribution in [1.29, 1.82) is 10.5 Å². The van der Waals surface area contributed by atoms with Crippen molar-refractivity contribution < 1.29 is 0 Å². The van der Waals surface area contributed by atoms with Crippen LogP contribution in [0, 0.1) is 28.6 Å². The highest BCUT2D eigenvalue weighted by molar-refractivity contribution is 5.92. The fourth-order valence-corrected chi connectivity index (χ4v) is 4.20. The molecule has 1 saturated carbocycles. The minimum absolute atomic E-state index is 0.00564. The minimum atomic E-state index is -0.373. The minimum Gasteiger partial charge on any atom is -0.310 e. The maximum atomic E-state index is 13.0. The van der Waals surface area contributed by atoms with E-state index in [9.17, 15) is 10.1 Å². The molecule has 2 heterocycles. The van der Waals surface area contributed by atoms with Crippen LogP contribution in [-0.2, 0) is 0 Å². The van der Waals surface area contributed by atoms with Gasteiger partial charge in [-0.25, -0.2) is 14.7 Å². The summed E-state index contributed by atoms with van der Waals surface area (Å²) in [6, 6.07) is 11.0. The number of aromatic amines is 1. The molecular weight excluding hydrogens is 416 g/mol. The van der Waals surface area contributed by atoms with Crippen molar-refractivity contribution in [2.75, 3.05) is 7.05 Å². The molecule has 0 radical (unpaired) electrons. The molecule has 0 spiro atoms. The van der Waals surface area contributed by atoms with Crippen molar-refractivity contribution in [3.63, 3.8) is 0 Å². The molecule has 2 aromatic heterocycles. The molecule has 4 rings (SSSR count). The fourth-order valence-electron chi connectivity index (χ4n) is 4.20. The fraction of sp³-hybridized carbons (Fsp3) is 0.375. The van der Waals surface area contributed by atoms with Crippen LogP contribution >= 0.6 is 0 Å². The molecular formula is C24H24N8O. The number of H-pyrrole nitrogens is 1. The number of nitriles is 2. The summed E-state index contributed by atoms with van der Waals surface area (Å²) in [5.41, 5.74) is 1.49. The predicted molar refractivity (Wildman–Crippen MR) is 125 cm³/mol. The number of fused-ring (bicyclic) bond motifs is 1. The standard InChI is InChI=1S/C24H24N8O/c1-4-11-28-21(27-3)17-9-10-18(17)22-29-23-20(24(33)30-22)19(13-26)31-32(23)14(2)16-7-5-15(12-25)6-8-16/h5-8,11,14,17-18H,4,9-10H2,1-3H3,(H,29,30,33). The predicted octanol–water partition coefficient (Wildman–Crippen LogP) is 3.47. The number of hydrogen-bond acceptors (Lipinski definition) is 6. The maximum Gasteiger partial charge on any atom is 0.263 e. The van der Waals surface area contributed by atoms with Crippen LogP contribution in [0.5, 0.6) is 0 Å². The summed E-state index contributed by atoms with van der Waals surface area (Å²) < 4.78 is 1.62. The largest absolute Gasteiger partial charge is 0.310 e. The lowest BCUT2D eigenvalue weighted by molar-refractivity contribution is 0.323. The number of aromatic nitrogens is 4. The Kier molecular flexibility index (Phi) is 6.14. The Labute approximate surface area is 191 Å². The lowest BCUT2D eigenvalue weighted by atomic mass is 9.72. The summed E-state index contributed by atoms with van der Waals surface area (Å²) in [7, 11) is 1.73. The Morgan fingerprint density at radius 3 is 2.64 bits per heavy atom. The van der Waals surface area contributed by atoms with E-state index in [1.165, 1.54) is 0 Å².